The van der Waals surface area contributed by atoms with Crippen molar-refractivity contribution in [1.82, 2.24) is 0 Å². The van der Waals surface area contributed by atoms with E-state index in [2.05, 4.69) is 0 Å². The van der Waals surface area contributed by atoms with Crippen LogP contribution in [0.5, 0.6) is 0 Å². The Balaban J connectivity index is 2.37. The smallest absolute Gasteiger partial charge is 0.334 e. The summed E-state index contributed by atoms with van der Waals surface area (Å²) in [6.07, 6.45) is -3.42. The van der Waals surface area contributed by atoms with E-state index in [1.54, 1.807) is 0 Å². The summed E-state index contributed by atoms with van der Waals surface area (Å²) in [4.78, 5) is 11.3. The first kappa shape index (κ1) is 14.0. The SMILES string of the molecule is O=C(CO)O[C@]1(c2ccco2)OC[C@H](O)[C@H](O)[C@H]1O. The number of rotatable bonds is 3. The monoisotopic (exact) mass is 274 g/mol. The van der Waals surface area contributed by atoms with E-state index >= 15 is 0 Å². The molecular weight excluding hydrogens is 260 g/mol. The molecule has 0 saturated carbocycles. The lowest BCUT2D eigenvalue weighted by Crippen LogP contribution is -2.60. The Morgan fingerprint density at radius 1 is 1.47 bits per heavy atom. The molecule has 0 aliphatic carbocycles. The number of esters is 1. The van der Waals surface area contributed by atoms with Crippen LogP contribution in [0.3, 0.4) is 0 Å². The van der Waals surface area contributed by atoms with Gasteiger partial charge in [-0.2, -0.15) is 0 Å². The van der Waals surface area contributed by atoms with Crippen LogP contribution in [0.15, 0.2) is 22.8 Å². The molecule has 8 heteroatoms. The lowest BCUT2D eigenvalue weighted by atomic mass is 9.95. The van der Waals surface area contributed by atoms with Crippen LogP contribution in [0.25, 0.3) is 0 Å². The summed E-state index contributed by atoms with van der Waals surface area (Å²) < 4.78 is 15.1. The number of furan rings is 1. The molecule has 0 bridgehead atoms. The number of ether oxygens (including phenoxy) is 2. The predicted octanol–water partition coefficient (Wildman–Crippen LogP) is -1.92. The Labute approximate surface area is 107 Å². The Hall–Kier alpha value is -1.45. The third-order valence-electron chi connectivity index (χ3n) is 2.83. The van der Waals surface area contributed by atoms with E-state index in [-0.39, 0.29) is 12.4 Å². The molecule has 1 saturated heterocycles. The van der Waals surface area contributed by atoms with Gasteiger partial charge < -0.3 is 34.3 Å². The van der Waals surface area contributed by atoms with Gasteiger partial charge in [-0.3, -0.25) is 0 Å². The molecule has 19 heavy (non-hydrogen) atoms. The fourth-order valence-electron chi connectivity index (χ4n) is 1.86. The van der Waals surface area contributed by atoms with Gasteiger partial charge in [0, 0.05) is 0 Å². The summed E-state index contributed by atoms with van der Waals surface area (Å²) in [6.45, 7) is -1.31. The second-order valence-electron chi connectivity index (χ2n) is 4.09. The lowest BCUT2D eigenvalue weighted by molar-refractivity contribution is -0.340. The molecule has 106 valence electrons. The van der Waals surface area contributed by atoms with Crippen LogP contribution >= 0.6 is 0 Å². The molecule has 0 radical (unpaired) electrons. The van der Waals surface area contributed by atoms with Gasteiger partial charge in [0.25, 0.3) is 0 Å². The van der Waals surface area contributed by atoms with Crippen LogP contribution in [0, 0.1) is 0 Å². The molecule has 0 spiro atoms. The maximum Gasteiger partial charge on any atom is 0.334 e. The highest BCUT2D eigenvalue weighted by molar-refractivity contribution is 5.71. The molecule has 0 amide bonds. The average molecular weight is 274 g/mol. The Bertz CT molecular complexity index is 430. The van der Waals surface area contributed by atoms with E-state index in [0.29, 0.717) is 0 Å². The molecule has 4 N–H and O–H groups in total. The van der Waals surface area contributed by atoms with Gasteiger partial charge in [-0.15, -0.1) is 0 Å². The van der Waals surface area contributed by atoms with Crippen molar-refractivity contribution in [1.29, 1.82) is 0 Å². The quantitative estimate of drug-likeness (QED) is 0.469. The van der Waals surface area contributed by atoms with Crippen molar-refractivity contribution in [2.45, 2.75) is 24.1 Å². The Morgan fingerprint density at radius 2 is 2.21 bits per heavy atom. The van der Waals surface area contributed by atoms with Gasteiger partial charge in [-0.1, -0.05) is 0 Å². The Kier molecular flexibility index (Phi) is 3.88. The first-order valence-corrected chi connectivity index (χ1v) is 5.56. The summed E-state index contributed by atoms with van der Waals surface area (Å²) in [5.74, 6) is -3.23. The van der Waals surface area contributed by atoms with Gasteiger partial charge in [0.05, 0.1) is 12.9 Å². The molecule has 0 unspecified atom stereocenters. The third kappa shape index (κ3) is 2.36. The molecule has 1 aromatic heterocycles. The van der Waals surface area contributed by atoms with E-state index < -0.39 is 36.7 Å². The first-order valence-electron chi connectivity index (χ1n) is 5.56. The largest absolute Gasteiger partial charge is 0.462 e. The van der Waals surface area contributed by atoms with E-state index in [0.717, 1.165) is 0 Å². The maximum atomic E-state index is 11.3. The summed E-state index contributed by atoms with van der Waals surface area (Å²) >= 11 is 0. The van der Waals surface area contributed by atoms with Gasteiger partial charge in [-0.25, -0.2) is 4.79 Å². The molecule has 4 atom stereocenters. The number of hydrogen-bond donors (Lipinski definition) is 4. The normalized spacial score (nSPS) is 35.1. The number of aliphatic hydroxyl groups excluding tert-OH is 4. The molecule has 0 aromatic carbocycles. The minimum Gasteiger partial charge on any atom is -0.462 e. The van der Waals surface area contributed by atoms with Gasteiger partial charge in [0.2, 0.25) is 0 Å². The van der Waals surface area contributed by atoms with Gasteiger partial charge in [-0.05, 0) is 12.1 Å². The minimum atomic E-state index is -2.10. The van der Waals surface area contributed by atoms with Crippen molar-refractivity contribution in [2.24, 2.45) is 0 Å². The molecule has 8 nitrogen and oxygen atoms in total. The lowest BCUT2D eigenvalue weighted by Gasteiger charge is -2.42. The van der Waals surface area contributed by atoms with E-state index in [1.807, 2.05) is 0 Å². The number of aliphatic hydroxyl groups is 4. The van der Waals surface area contributed by atoms with Crippen LogP contribution in [0.2, 0.25) is 0 Å². The van der Waals surface area contributed by atoms with Crippen LogP contribution in [-0.2, 0) is 20.1 Å². The highest BCUT2D eigenvalue weighted by Crippen LogP contribution is 2.37. The highest BCUT2D eigenvalue weighted by Gasteiger charge is 2.56. The van der Waals surface area contributed by atoms with E-state index in [4.69, 9.17) is 19.0 Å². The zero-order valence-electron chi connectivity index (χ0n) is 9.80. The topological polar surface area (TPSA) is 130 Å². The average Bonchev–Trinajstić information content (AvgIpc) is 2.94. The van der Waals surface area contributed by atoms with Crippen molar-refractivity contribution < 1.29 is 39.1 Å². The second kappa shape index (κ2) is 5.27. The highest BCUT2D eigenvalue weighted by atomic mass is 16.7. The second-order valence-corrected chi connectivity index (χ2v) is 4.09. The molecule has 1 aromatic rings. The summed E-state index contributed by atoms with van der Waals surface area (Å²) in [5.41, 5.74) is 0. The van der Waals surface area contributed by atoms with Crippen molar-refractivity contribution in [3.63, 3.8) is 0 Å². The molecule has 2 rings (SSSR count). The zero-order chi connectivity index (χ0) is 14.0. The molecular formula is C11H14O8. The Morgan fingerprint density at radius 3 is 2.79 bits per heavy atom. The minimum absolute atomic E-state index is 0.0623. The van der Waals surface area contributed by atoms with Crippen LogP contribution in [0.1, 0.15) is 5.76 Å². The number of carbonyl (C=O) groups is 1. The number of hydrogen-bond acceptors (Lipinski definition) is 8. The first-order chi connectivity index (χ1) is 9.01. The predicted molar refractivity (Wildman–Crippen MR) is 57.5 cm³/mol. The van der Waals surface area contributed by atoms with Crippen molar-refractivity contribution in [3.05, 3.63) is 24.2 Å². The van der Waals surface area contributed by atoms with Gasteiger partial charge in [0.15, 0.2) is 11.9 Å². The zero-order valence-corrected chi connectivity index (χ0v) is 9.80. The van der Waals surface area contributed by atoms with Crippen molar-refractivity contribution in [2.75, 3.05) is 13.2 Å². The van der Waals surface area contributed by atoms with Gasteiger partial charge >= 0.3 is 11.8 Å². The molecule has 1 fully saturated rings. The summed E-state index contributed by atoms with van der Waals surface area (Å²) in [7, 11) is 0. The van der Waals surface area contributed by atoms with E-state index in [9.17, 15) is 20.1 Å². The van der Waals surface area contributed by atoms with Crippen molar-refractivity contribution in [3.8, 4) is 0 Å². The van der Waals surface area contributed by atoms with E-state index in [1.165, 1.54) is 18.4 Å². The number of carbonyl (C=O) groups excluding carboxylic acids is 1. The van der Waals surface area contributed by atoms with Crippen LogP contribution in [-0.4, -0.2) is 57.9 Å². The molecule has 1 aliphatic rings. The maximum absolute atomic E-state index is 11.3. The summed E-state index contributed by atoms with van der Waals surface area (Å²) in [6, 6.07) is 2.84. The van der Waals surface area contributed by atoms with Crippen LogP contribution in [0.4, 0.5) is 0 Å². The third-order valence-corrected chi connectivity index (χ3v) is 2.83. The fourth-order valence-corrected chi connectivity index (χ4v) is 1.86. The standard InChI is InChI=1S/C11H14O8/c12-4-8(14)19-11(7-2-1-3-17-7)10(16)9(15)6(13)5-18-11/h1-3,6,9-10,12-13,15-16H,4-5H2/t6-,9-,10+,11-/m0/s1. The fraction of sp³-hybridized carbons (Fsp3) is 0.545. The van der Waals surface area contributed by atoms with Gasteiger partial charge in [0.1, 0.15) is 18.8 Å². The van der Waals surface area contributed by atoms with Crippen molar-refractivity contribution >= 4 is 5.97 Å². The molecule has 1 aliphatic heterocycles. The van der Waals surface area contributed by atoms with Crippen LogP contribution < -0.4 is 0 Å². The summed E-state index contributed by atoms with van der Waals surface area (Å²) in [5, 5.41) is 37.9. The molecule has 2 heterocycles.